The monoisotopic (exact) mass is 596 g/mol. The van der Waals surface area contributed by atoms with Crippen molar-refractivity contribution in [3.63, 3.8) is 0 Å². The van der Waals surface area contributed by atoms with Crippen LogP contribution in [0, 0.1) is 0 Å². The van der Waals surface area contributed by atoms with Crippen molar-refractivity contribution in [2.24, 2.45) is 0 Å². The Morgan fingerprint density at radius 1 is 0.410 bits per heavy atom. The van der Waals surface area contributed by atoms with Crippen molar-refractivity contribution in [1.29, 1.82) is 0 Å². The molecule has 0 saturated heterocycles. The molecule has 0 aromatic heterocycles. The van der Waals surface area contributed by atoms with Gasteiger partial charge in [-0.25, -0.2) is 0 Å². The standard InChI is InChI=1S/2C5H11NO.C5H11NS.2C4H9NO.C4H9NS/c3*1-4-6(3)5(2)7;3*1-4(6)5(2)3/h3*4H2,1-3H3;3*1-3H3. The minimum Gasteiger partial charge on any atom is -0.373 e. The van der Waals surface area contributed by atoms with Crippen molar-refractivity contribution in [3.05, 3.63) is 0 Å². The first-order valence-corrected chi connectivity index (χ1v) is 13.5. The molecule has 0 bridgehead atoms. The van der Waals surface area contributed by atoms with Crippen LogP contribution >= 0.6 is 24.4 Å². The lowest BCUT2D eigenvalue weighted by atomic mass is 10.6. The second-order valence-corrected chi connectivity index (χ2v) is 10.0. The number of thiocarbonyl (C=S) groups is 2. The topological polar surface area (TPSA) is 87.7 Å². The Labute approximate surface area is 251 Å². The van der Waals surface area contributed by atoms with E-state index >= 15 is 0 Å². The maximum Gasteiger partial charge on any atom is 0.219 e. The van der Waals surface area contributed by atoms with E-state index in [4.69, 9.17) is 24.4 Å². The van der Waals surface area contributed by atoms with Gasteiger partial charge in [-0.2, -0.15) is 0 Å². The molecule has 0 saturated carbocycles. The summed E-state index contributed by atoms with van der Waals surface area (Å²) in [6.07, 6.45) is 0. The van der Waals surface area contributed by atoms with Crippen LogP contribution in [-0.2, 0) is 19.2 Å². The highest BCUT2D eigenvalue weighted by Gasteiger charge is 1.94. The van der Waals surface area contributed by atoms with Gasteiger partial charge in [0.15, 0.2) is 0 Å². The lowest BCUT2D eigenvalue weighted by Gasteiger charge is -2.12. The second-order valence-electron chi connectivity index (χ2n) is 8.84. The largest absolute Gasteiger partial charge is 0.373 e. The van der Waals surface area contributed by atoms with E-state index in [0.717, 1.165) is 29.6 Å². The summed E-state index contributed by atoms with van der Waals surface area (Å²) < 4.78 is 0. The molecule has 0 rings (SSSR count). The quantitative estimate of drug-likeness (QED) is 0.459. The fourth-order valence-electron chi connectivity index (χ4n) is 0.668. The Balaban J connectivity index is -0.0000000839. The molecular weight excluding hydrogens is 536 g/mol. The average Bonchev–Trinajstić information content (AvgIpc) is 2.83. The molecule has 0 fully saturated rings. The summed E-state index contributed by atoms with van der Waals surface area (Å²) in [6, 6.07) is 0. The molecule has 0 radical (unpaired) electrons. The minimum absolute atomic E-state index is 0.0926. The SMILES string of the molecule is CC(=O)N(C)C.CC(=O)N(C)C.CC(=S)N(C)C.CCN(C)C(C)=O.CCN(C)C(C)=O.CCN(C)C(C)=S. The molecule has 0 atom stereocenters. The van der Waals surface area contributed by atoms with Crippen LogP contribution in [0.2, 0.25) is 0 Å². The molecule has 0 heterocycles. The van der Waals surface area contributed by atoms with Gasteiger partial charge in [-0.15, -0.1) is 0 Å². The Kier molecular flexibility index (Phi) is 40.5. The average molecular weight is 597 g/mol. The fourth-order valence-corrected chi connectivity index (χ4v) is 0.797. The molecule has 234 valence electrons. The van der Waals surface area contributed by atoms with E-state index in [1.807, 2.05) is 58.6 Å². The fraction of sp³-hybridized carbons (Fsp3) is 0.778. The summed E-state index contributed by atoms with van der Waals surface area (Å²) >= 11 is 9.59. The molecule has 0 unspecified atom stereocenters. The van der Waals surface area contributed by atoms with E-state index < -0.39 is 0 Å². The van der Waals surface area contributed by atoms with Crippen molar-refractivity contribution in [1.82, 2.24) is 29.4 Å². The van der Waals surface area contributed by atoms with Gasteiger partial charge in [-0.3, -0.25) is 19.2 Å². The highest BCUT2D eigenvalue weighted by Crippen LogP contribution is 1.82. The molecule has 12 heteroatoms. The number of carbonyl (C=O) groups is 4. The summed E-state index contributed by atoms with van der Waals surface area (Å²) in [7, 11) is 16.3. The zero-order valence-corrected chi connectivity index (χ0v) is 29.9. The normalized spacial score (nSPS) is 8.15. The molecule has 4 amide bonds. The molecule has 0 aliphatic heterocycles. The second kappa shape index (κ2) is 31.9. The van der Waals surface area contributed by atoms with Crippen molar-refractivity contribution in [3.8, 4) is 0 Å². The van der Waals surface area contributed by atoms with Gasteiger partial charge in [0.2, 0.25) is 23.6 Å². The first-order valence-electron chi connectivity index (χ1n) is 12.7. The maximum atomic E-state index is 10.3. The first kappa shape index (κ1) is 49.6. The highest BCUT2D eigenvalue weighted by atomic mass is 32.1. The Morgan fingerprint density at radius 2 is 0.590 bits per heavy atom. The lowest BCUT2D eigenvalue weighted by molar-refractivity contribution is -0.128. The van der Waals surface area contributed by atoms with Gasteiger partial charge in [0, 0.05) is 111 Å². The number of hydrogen-bond donors (Lipinski definition) is 0. The summed E-state index contributed by atoms with van der Waals surface area (Å²) in [4.78, 5) is 52.9. The van der Waals surface area contributed by atoms with Gasteiger partial charge in [0.05, 0.1) is 9.98 Å². The molecule has 10 nitrogen and oxygen atoms in total. The van der Waals surface area contributed by atoms with Crippen molar-refractivity contribution >= 4 is 58.0 Å². The van der Waals surface area contributed by atoms with Crippen LogP contribution in [0.25, 0.3) is 0 Å². The van der Waals surface area contributed by atoms with Gasteiger partial charge >= 0.3 is 0 Å². The molecule has 0 aliphatic rings. The van der Waals surface area contributed by atoms with Crippen LogP contribution in [0.1, 0.15) is 62.3 Å². The number of nitrogens with zero attached hydrogens (tertiary/aromatic N) is 6. The zero-order chi connectivity index (χ0) is 33.0. The van der Waals surface area contributed by atoms with Gasteiger partial charge in [-0.05, 0) is 34.6 Å². The summed E-state index contributed by atoms with van der Waals surface area (Å²) in [5.41, 5.74) is 0. The van der Waals surface area contributed by atoms with Crippen LogP contribution < -0.4 is 0 Å². The molecule has 0 aromatic carbocycles. The smallest absolute Gasteiger partial charge is 0.219 e. The van der Waals surface area contributed by atoms with Crippen LogP contribution in [0.5, 0.6) is 0 Å². The van der Waals surface area contributed by atoms with Gasteiger partial charge < -0.3 is 29.4 Å². The Bertz CT molecular complexity index is 597. The Hall–Kier alpha value is -2.34. The van der Waals surface area contributed by atoms with Crippen molar-refractivity contribution in [2.75, 3.05) is 83.1 Å². The van der Waals surface area contributed by atoms with Crippen molar-refractivity contribution < 1.29 is 19.2 Å². The number of hydrogen-bond acceptors (Lipinski definition) is 6. The minimum atomic E-state index is 0.0926. The van der Waals surface area contributed by atoms with Crippen LogP contribution in [-0.4, -0.2) is 146 Å². The van der Waals surface area contributed by atoms with E-state index in [1.165, 1.54) is 23.6 Å². The van der Waals surface area contributed by atoms with E-state index in [2.05, 4.69) is 6.92 Å². The maximum absolute atomic E-state index is 10.3. The lowest BCUT2D eigenvalue weighted by Crippen LogP contribution is -2.22. The van der Waals surface area contributed by atoms with E-state index in [9.17, 15) is 19.2 Å². The molecule has 0 spiro atoms. The van der Waals surface area contributed by atoms with E-state index in [1.54, 1.807) is 65.9 Å². The molecule has 0 aromatic rings. The van der Waals surface area contributed by atoms with E-state index in [0.29, 0.717) is 0 Å². The highest BCUT2D eigenvalue weighted by molar-refractivity contribution is 7.80. The molecule has 39 heavy (non-hydrogen) atoms. The van der Waals surface area contributed by atoms with E-state index in [-0.39, 0.29) is 23.6 Å². The third-order valence-corrected chi connectivity index (χ3v) is 5.60. The summed E-state index contributed by atoms with van der Waals surface area (Å²) in [6.45, 7) is 18.6. The summed E-state index contributed by atoms with van der Waals surface area (Å²) in [5, 5.41) is 0. The molecule has 0 N–H and O–H groups in total. The first-order chi connectivity index (χ1) is 17.5. The zero-order valence-electron chi connectivity index (χ0n) is 28.3. The predicted octanol–water partition coefficient (Wildman–Crippen LogP) is 3.34. The molecular formula is C27H60N6O4S2. The van der Waals surface area contributed by atoms with Crippen molar-refractivity contribution in [2.45, 2.75) is 62.3 Å². The third kappa shape index (κ3) is 52.8. The van der Waals surface area contributed by atoms with Crippen LogP contribution in [0.15, 0.2) is 0 Å². The number of rotatable bonds is 3. The molecule has 0 aliphatic carbocycles. The Morgan fingerprint density at radius 3 is 0.590 bits per heavy atom. The van der Waals surface area contributed by atoms with Gasteiger partial charge in [-0.1, -0.05) is 24.4 Å². The number of carbonyl (C=O) groups excluding carboxylic acids is 4. The van der Waals surface area contributed by atoms with Crippen LogP contribution in [0.4, 0.5) is 0 Å². The number of amides is 4. The van der Waals surface area contributed by atoms with Crippen LogP contribution in [0.3, 0.4) is 0 Å². The summed E-state index contributed by atoms with van der Waals surface area (Å²) in [5.74, 6) is 0.440. The van der Waals surface area contributed by atoms with Gasteiger partial charge in [0.1, 0.15) is 0 Å². The third-order valence-electron chi connectivity index (χ3n) is 4.93. The van der Waals surface area contributed by atoms with Gasteiger partial charge in [0.25, 0.3) is 0 Å². The predicted molar refractivity (Wildman–Crippen MR) is 175 cm³/mol.